The molecule has 0 bridgehead atoms. The molecule has 0 fully saturated rings. The van der Waals surface area contributed by atoms with Gasteiger partial charge >= 0.3 is 16.4 Å². The van der Waals surface area contributed by atoms with E-state index in [1.807, 2.05) is 0 Å². The van der Waals surface area contributed by atoms with Crippen molar-refractivity contribution >= 4 is 25.8 Å². The maximum Gasteiger partial charge on any atom is 0.453 e. The third-order valence-corrected chi connectivity index (χ3v) is 8.77. The number of benzene rings is 1. The summed E-state index contributed by atoms with van der Waals surface area (Å²) in [6.45, 7) is -0.165. The van der Waals surface area contributed by atoms with Crippen LogP contribution in [0.15, 0.2) is 54.1 Å². The van der Waals surface area contributed by atoms with Gasteiger partial charge in [-0.3, -0.25) is 4.40 Å². The highest BCUT2D eigenvalue weighted by Crippen LogP contribution is 2.34. The number of aromatic nitrogens is 8. The zero-order chi connectivity index (χ0) is 30.6. The van der Waals surface area contributed by atoms with Crippen molar-refractivity contribution in [3.8, 4) is 28.7 Å². The zero-order valence-electron chi connectivity index (χ0n) is 22.3. The molecule has 14 nitrogen and oxygen atoms in total. The van der Waals surface area contributed by atoms with Crippen molar-refractivity contribution in [1.82, 2.24) is 42.4 Å². The Balaban J connectivity index is 1.78. The summed E-state index contributed by atoms with van der Waals surface area (Å²) in [6, 6.07) is 6.52. The Hall–Kier alpha value is -4.36. The summed E-state index contributed by atoms with van der Waals surface area (Å²) in [6.07, 6.45) is 0.353. The molecule has 1 aromatic carbocycles. The minimum Gasteiger partial charge on any atom is -0.497 e. The second kappa shape index (κ2) is 10.2. The van der Waals surface area contributed by atoms with Crippen LogP contribution < -0.4 is 4.74 Å². The summed E-state index contributed by atoms with van der Waals surface area (Å²) in [5.74, 6) is -1.36. The third kappa shape index (κ3) is 5.32. The summed E-state index contributed by atoms with van der Waals surface area (Å²) in [7, 11) is -3.73. The molecule has 0 aliphatic rings. The number of halogens is 3. The summed E-state index contributed by atoms with van der Waals surface area (Å²) >= 11 is 0. The van der Waals surface area contributed by atoms with Gasteiger partial charge in [-0.05, 0) is 17.7 Å². The van der Waals surface area contributed by atoms with E-state index < -0.39 is 32.0 Å². The molecule has 0 N–H and O–H groups in total. The van der Waals surface area contributed by atoms with E-state index in [0.29, 0.717) is 11.3 Å². The molecule has 0 atom stereocenters. The Bertz CT molecular complexity index is 2010. The van der Waals surface area contributed by atoms with Gasteiger partial charge in [0.25, 0.3) is 5.82 Å². The van der Waals surface area contributed by atoms with Crippen LogP contribution in [0.5, 0.6) is 5.75 Å². The van der Waals surface area contributed by atoms with Crippen LogP contribution in [0.25, 0.3) is 28.7 Å². The Morgan fingerprint density at radius 3 is 2.29 bits per heavy atom. The standard InChI is InChI=1S/C23H22F3N9O5S2/c1-32(2)42(38,39)33-12-17(28-13-33)19-18(29-22-27-9-16(11-34(19)22)41(4,36)37)20-30-21(23(24,25)26)31-35(20)10-14-5-7-15(40-3)8-6-14/h5-9,11-13H,10H2,1-4H3. The number of ether oxygens (including phenoxy) is 1. The van der Waals surface area contributed by atoms with Crippen LogP contribution in [-0.4, -0.2) is 86.7 Å². The molecule has 222 valence electrons. The normalized spacial score (nSPS) is 12.9. The average molecular weight is 626 g/mol. The lowest BCUT2D eigenvalue weighted by molar-refractivity contribution is -0.144. The van der Waals surface area contributed by atoms with Crippen LogP contribution >= 0.6 is 0 Å². The number of hydrogen-bond acceptors (Lipinski definition) is 10. The Morgan fingerprint density at radius 1 is 1.00 bits per heavy atom. The van der Waals surface area contributed by atoms with Crippen molar-refractivity contribution in [3.63, 3.8) is 0 Å². The number of nitrogens with zero attached hydrogens (tertiary/aromatic N) is 9. The smallest absolute Gasteiger partial charge is 0.453 e. The van der Waals surface area contributed by atoms with Gasteiger partial charge in [-0.2, -0.15) is 25.9 Å². The maximum atomic E-state index is 13.8. The van der Waals surface area contributed by atoms with E-state index in [1.165, 1.54) is 25.6 Å². The SMILES string of the molecule is COc1ccc(Cn2nc(C(F)(F)F)nc2-c2nc3ncc(S(C)(=O)=O)cn3c2-c2cn(S(=O)(=O)N(C)C)cn2)cc1. The van der Waals surface area contributed by atoms with Crippen LogP contribution in [0, 0.1) is 0 Å². The Kier molecular flexibility index (Phi) is 7.06. The number of methoxy groups -OCH3 is 1. The van der Waals surface area contributed by atoms with Crippen molar-refractivity contribution in [1.29, 1.82) is 0 Å². The van der Waals surface area contributed by atoms with Crippen molar-refractivity contribution < 1.29 is 34.7 Å². The number of sulfone groups is 1. The molecule has 4 aromatic heterocycles. The predicted octanol–water partition coefficient (Wildman–Crippen LogP) is 1.99. The van der Waals surface area contributed by atoms with Gasteiger partial charge in [-0.15, -0.1) is 5.10 Å². The summed E-state index contributed by atoms with van der Waals surface area (Å²) in [4.78, 5) is 16.1. The molecule has 5 rings (SSSR count). The molecule has 0 amide bonds. The van der Waals surface area contributed by atoms with Crippen molar-refractivity contribution in [2.45, 2.75) is 17.6 Å². The van der Waals surface area contributed by atoms with Gasteiger partial charge in [-0.1, -0.05) is 12.1 Å². The van der Waals surface area contributed by atoms with Gasteiger partial charge in [0, 0.05) is 26.5 Å². The van der Waals surface area contributed by atoms with E-state index in [1.54, 1.807) is 24.3 Å². The minimum absolute atomic E-state index is 0.0622. The molecule has 0 unspecified atom stereocenters. The highest BCUT2D eigenvalue weighted by Gasteiger charge is 2.38. The lowest BCUT2D eigenvalue weighted by Crippen LogP contribution is -2.27. The zero-order valence-corrected chi connectivity index (χ0v) is 24.0. The maximum absolute atomic E-state index is 13.8. The van der Waals surface area contributed by atoms with E-state index >= 15 is 0 Å². The van der Waals surface area contributed by atoms with Crippen LogP contribution in [0.4, 0.5) is 13.2 Å². The lowest BCUT2D eigenvalue weighted by Gasteiger charge is -2.10. The number of fused-ring (bicyclic) bond motifs is 1. The fraction of sp³-hybridized carbons (Fsp3) is 0.261. The van der Waals surface area contributed by atoms with Crippen LogP contribution in [0.2, 0.25) is 0 Å². The van der Waals surface area contributed by atoms with Gasteiger partial charge in [0.1, 0.15) is 34.1 Å². The second-order valence-corrected chi connectivity index (χ2v) is 13.2. The molecule has 5 aromatic rings. The molecule has 4 heterocycles. The first-order valence-electron chi connectivity index (χ1n) is 11.8. The molecular formula is C23H22F3N9O5S2. The molecular weight excluding hydrogens is 603 g/mol. The van der Waals surface area contributed by atoms with Gasteiger partial charge in [0.05, 0.1) is 26.0 Å². The number of hydrogen-bond donors (Lipinski definition) is 0. The van der Waals surface area contributed by atoms with E-state index in [9.17, 15) is 30.0 Å². The van der Waals surface area contributed by atoms with Gasteiger partial charge in [-0.25, -0.2) is 37.0 Å². The fourth-order valence-electron chi connectivity index (χ4n) is 3.90. The summed E-state index contributed by atoms with van der Waals surface area (Å²) in [5.41, 5.74) is 0.229. The Labute approximate surface area is 237 Å². The molecule has 19 heteroatoms. The van der Waals surface area contributed by atoms with Crippen molar-refractivity contribution in [3.05, 3.63) is 60.6 Å². The molecule has 0 aliphatic heterocycles. The molecule has 0 saturated carbocycles. The molecule has 0 saturated heterocycles. The number of alkyl halides is 3. The topological polar surface area (TPSA) is 159 Å². The monoisotopic (exact) mass is 625 g/mol. The number of rotatable bonds is 8. The largest absolute Gasteiger partial charge is 0.497 e. The summed E-state index contributed by atoms with van der Waals surface area (Å²) in [5, 5.41) is 3.68. The van der Waals surface area contributed by atoms with Gasteiger partial charge < -0.3 is 4.74 Å². The van der Waals surface area contributed by atoms with E-state index in [0.717, 1.165) is 44.1 Å². The fourth-order valence-corrected chi connectivity index (χ4v) is 5.22. The van der Waals surface area contributed by atoms with Gasteiger partial charge in [0.15, 0.2) is 15.7 Å². The minimum atomic E-state index is -4.91. The molecule has 42 heavy (non-hydrogen) atoms. The lowest BCUT2D eigenvalue weighted by atomic mass is 10.2. The molecule has 0 radical (unpaired) electrons. The highest BCUT2D eigenvalue weighted by atomic mass is 32.2. The van der Waals surface area contributed by atoms with E-state index in [4.69, 9.17) is 4.74 Å². The van der Waals surface area contributed by atoms with Crippen LogP contribution in [-0.2, 0) is 32.8 Å². The first-order valence-corrected chi connectivity index (χ1v) is 15.1. The average Bonchev–Trinajstić information content (AvgIpc) is 3.64. The van der Waals surface area contributed by atoms with Crippen LogP contribution in [0.1, 0.15) is 11.4 Å². The predicted molar refractivity (Wildman–Crippen MR) is 141 cm³/mol. The second-order valence-electron chi connectivity index (χ2n) is 9.18. The first kappa shape index (κ1) is 29.1. The van der Waals surface area contributed by atoms with Gasteiger partial charge in [0.2, 0.25) is 5.78 Å². The van der Waals surface area contributed by atoms with Crippen LogP contribution in [0.3, 0.4) is 0 Å². The highest BCUT2D eigenvalue weighted by molar-refractivity contribution is 7.90. The van der Waals surface area contributed by atoms with E-state index in [2.05, 4.69) is 25.0 Å². The third-order valence-electron chi connectivity index (χ3n) is 6.04. The van der Waals surface area contributed by atoms with Crippen molar-refractivity contribution in [2.24, 2.45) is 0 Å². The molecule has 0 aliphatic carbocycles. The number of imidazole rings is 2. The van der Waals surface area contributed by atoms with Crippen molar-refractivity contribution in [2.75, 3.05) is 27.5 Å². The quantitative estimate of drug-likeness (QED) is 0.250. The Morgan fingerprint density at radius 2 is 1.69 bits per heavy atom. The first-order chi connectivity index (χ1) is 19.6. The summed E-state index contributed by atoms with van der Waals surface area (Å²) < 4.78 is 100. The van der Waals surface area contributed by atoms with E-state index in [-0.39, 0.29) is 40.1 Å². The molecule has 0 spiro atoms.